The predicted molar refractivity (Wildman–Crippen MR) is 302 cm³/mol. The van der Waals surface area contributed by atoms with Crippen molar-refractivity contribution >= 4 is 70.2 Å². The van der Waals surface area contributed by atoms with E-state index in [1.54, 1.807) is 101 Å². The Morgan fingerprint density at radius 3 is 1.78 bits per heavy atom. The molecule has 8 rings (SSSR count). The fraction of sp³-hybridized carbons (Fsp3) is 0.390. The SMILES string of the molecule is CC[C@@]1(O)C(=O)OCc2c1cc1n(c2=O)Cc2c-1nc1cc(F)c(C)c3c1c2[C@@H](NC(=O)CNC(=O)[C@H](Cc1ccccc1)NC(=O)CNC(=O)CNC(=O)CNC(=O)[C@H](Cc1ccccc1)NC(=O)CNC(=O)CNC(=O)OC(C)(C)C)CC3. The maximum absolute atomic E-state index is 15.5. The highest BCUT2D eigenvalue weighted by molar-refractivity contribution is 5.97. The van der Waals surface area contributed by atoms with Crippen LogP contribution >= 0.6 is 0 Å². The molecule has 448 valence electrons. The lowest BCUT2D eigenvalue weighted by atomic mass is 9.81. The number of nitrogens with one attached hydrogen (secondary N) is 9. The molecule has 25 nitrogen and oxygen atoms in total. The minimum Gasteiger partial charge on any atom is -0.458 e. The van der Waals surface area contributed by atoms with E-state index in [9.17, 15) is 57.8 Å². The first-order valence-electron chi connectivity index (χ1n) is 27.5. The number of ether oxygens (including phenoxy) is 2. The third-order valence-electron chi connectivity index (χ3n) is 14.6. The molecule has 0 saturated carbocycles. The molecule has 0 radical (unpaired) electrons. The number of benzene rings is 3. The minimum atomic E-state index is -2.08. The highest BCUT2D eigenvalue weighted by Crippen LogP contribution is 2.46. The Kier molecular flexibility index (Phi) is 19.0. The number of carbonyl (C=O) groups is 10. The standard InChI is InChI=1S/C59H66FN11O14/c1-6-59(83)37-21-43-52-35(29-71(43)55(80)36(37)30-84-56(59)81)51-39(18-17-34-31(2)38(60)22-40(70-52)50(34)51)67-49(77)28-65-54(79)42(20-33-15-11-8-12-16-33)69-47(75)26-62-44(72)23-61-45(73)24-64-53(78)41(19-32-13-9-7-10-14-32)68-48(76)27-63-46(74)25-66-57(82)85-58(3,4)5/h7-16,21-22,39,41-42,83H,6,17-20,23-30H2,1-5H3,(H,61,73)(H,62,72)(H,63,74)(H,64,78)(H,65,79)(H,66,82)(H,67,77)(H,68,76)(H,69,75)/t39-,41-,42-,59-/m0/s1. The van der Waals surface area contributed by atoms with Crippen LogP contribution in [0.5, 0.6) is 0 Å². The first kappa shape index (κ1) is 61.5. The number of aromatic nitrogens is 2. The van der Waals surface area contributed by atoms with Crippen LogP contribution in [0, 0.1) is 12.7 Å². The molecule has 0 unspecified atom stereocenters. The number of hydrogen-bond donors (Lipinski definition) is 10. The van der Waals surface area contributed by atoms with Crippen molar-refractivity contribution in [1.82, 2.24) is 57.4 Å². The summed E-state index contributed by atoms with van der Waals surface area (Å²) in [6.45, 7) is 4.41. The van der Waals surface area contributed by atoms with Gasteiger partial charge in [-0.1, -0.05) is 67.6 Å². The third kappa shape index (κ3) is 14.8. The predicted octanol–water partition coefficient (Wildman–Crippen LogP) is 0.191. The van der Waals surface area contributed by atoms with Gasteiger partial charge < -0.3 is 67.0 Å². The van der Waals surface area contributed by atoms with Crippen molar-refractivity contribution in [1.29, 1.82) is 0 Å². The second-order valence-electron chi connectivity index (χ2n) is 21.7. The summed E-state index contributed by atoms with van der Waals surface area (Å²) in [6, 6.07) is 17.0. The average Bonchev–Trinajstić information content (AvgIpc) is 1.67. The van der Waals surface area contributed by atoms with Crippen LogP contribution in [0.2, 0.25) is 0 Å². The molecule has 0 saturated heterocycles. The Hall–Kier alpha value is -9.59. The van der Waals surface area contributed by atoms with Gasteiger partial charge in [-0.25, -0.2) is 19.0 Å². The van der Waals surface area contributed by atoms with Crippen molar-refractivity contribution in [2.45, 2.75) is 109 Å². The molecule has 4 atom stereocenters. The monoisotopic (exact) mass is 1170 g/mol. The second kappa shape index (κ2) is 26.3. The molecule has 1 aliphatic carbocycles. The molecule has 85 heavy (non-hydrogen) atoms. The average molecular weight is 1170 g/mol. The smallest absolute Gasteiger partial charge is 0.408 e. The molecule has 26 heteroatoms. The van der Waals surface area contributed by atoms with Gasteiger partial charge in [0.15, 0.2) is 5.60 Å². The molecule has 10 N–H and O–H groups in total. The van der Waals surface area contributed by atoms with Crippen molar-refractivity contribution in [3.8, 4) is 11.4 Å². The summed E-state index contributed by atoms with van der Waals surface area (Å²) in [4.78, 5) is 149. The van der Waals surface area contributed by atoms with Gasteiger partial charge in [-0.15, -0.1) is 0 Å². The van der Waals surface area contributed by atoms with Gasteiger partial charge in [0.05, 0.1) is 67.8 Å². The maximum Gasteiger partial charge on any atom is 0.408 e. The van der Waals surface area contributed by atoms with Crippen molar-refractivity contribution in [2.24, 2.45) is 0 Å². The number of carbonyl (C=O) groups excluding carboxylic acids is 10. The summed E-state index contributed by atoms with van der Waals surface area (Å²) in [6.07, 6.45) is -0.263. The number of esters is 1. The first-order chi connectivity index (χ1) is 40.4. The summed E-state index contributed by atoms with van der Waals surface area (Å²) in [7, 11) is 0. The number of fused-ring (bicyclic) bond motifs is 5. The van der Waals surface area contributed by atoms with Gasteiger partial charge in [0.25, 0.3) is 5.56 Å². The number of pyridine rings is 2. The van der Waals surface area contributed by atoms with Gasteiger partial charge in [0, 0.05) is 35.4 Å². The number of halogens is 1. The highest BCUT2D eigenvalue weighted by Gasteiger charge is 2.46. The van der Waals surface area contributed by atoms with Crippen molar-refractivity contribution < 1.29 is 66.9 Å². The van der Waals surface area contributed by atoms with E-state index >= 15 is 4.39 Å². The summed E-state index contributed by atoms with van der Waals surface area (Å²) < 4.78 is 27.3. The van der Waals surface area contributed by atoms with Crippen LogP contribution in [0.25, 0.3) is 22.3 Å². The summed E-state index contributed by atoms with van der Waals surface area (Å²) in [5.41, 5.74) is 1.32. The molecule has 5 aromatic rings. The lowest BCUT2D eigenvalue weighted by Gasteiger charge is -2.31. The Bertz CT molecular complexity index is 3550. The number of amides is 9. The Morgan fingerprint density at radius 2 is 1.24 bits per heavy atom. The normalized spacial score (nSPS) is 16.1. The van der Waals surface area contributed by atoms with E-state index in [2.05, 4.69) is 47.9 Å². The number of rotatable bonds is 22. The third-order valence-corrected chi connectivity index (χ3v) is 14.6. The largest absolute Gasteiger partial charge is 0.458 e. The molecular weight excluding hydrogens is 1110 g/mol. The number of aryl methyl sites for hydroxylation is 1. The van der Waals surface area contributed by atoms with E-state index in [0.717, 1.165) is 0 Å². The quantitative estimate of drug-likeness (QED) is 0.0406. The molecular formula is C59H66FN11O14. The Morgan fingerprint density at radius 1 is 0.718 bits per heavy atom. The zero-order valence-corrected chi connectivity index (χ0v) is 47.4. The molecule has 0 fully saturated rings. The molecule has 0 bridgehead atoms. The Balaban J connectivity index is 0.843. The van der Waals surface area contributed by atoms with Gasteiger partial charge in [-0.05, 0) is 80.8 Å². The van der Waals surface area contributed by atoms with Gasteiger partial charge in [0.1, 0.15) is 36.7 Å². The number of nitrogens with zero attached hydrogens (tertiary/aromatic N) is 2. The number of cyclic esters (lactones) is 1. The van der Waals surface area contributed by atoms with Crippen LogP contribution < -0.4 is 53.4 Å². The van der Waals surface area contributed by atoms with Crippen LogP contribution in [0.1, 0.15) is 91.1 Å². The molecule has 3 aromatic carbocycles. The summed E-state index contributed by atoms with van der Waals surface area (Å²) in [5, 5.41) is 34.4. The summed E-state index contributed by atoms with van der Waals surface area (Å²) in [5.74, 6) is -7.35. The van der Waals surface area contributed by atoms with E-state index in [0.29, 0.717) is 63.0 Å². The molecule has 2 aliphatic heterocycles. The number of aliphatic hydroxyl groups is 1. The minimum absolute atomic E-state index is 0.00131. The van der Waals surface area contributed by atoms with Gasteiger partial charge in [-0.2, -0.15) is 0 Å². The fourth-order valence-corrected chi connectivity index (χ4v) is 10.3. The van der Waals surface area contributed by atoms with Crippen LogP contribution in [0.15, 0.2) is 77.6 Å². The molecule has 0 spiro atoms. The van der Waals surface area contributed by atoms with Crippen molar-refractivity contribution in [2.75, 3.05) is 39.3 Å². The number of hydrogen-bond acceptors (Lipinski definition) is 15. The first-order valence-corrected chi connectivity index (χ1v) is 27.5. The maximum atomic E-state index is 15.5. The van der Waals surface area contributed by atoms with Gasteiger partial charge in [-0.3, -0.25) is 43.2 Å². The van der Waals surface area contributed by atoms with Gasteiger partial charge >= 0.3 is 12.1 Å². The van der Waals surface area contributed by atoms with E-state index in [1.807, 2.05) is 0 Å². The van der Waals surface area contributed by atoms with Crippen LogP contribution in [0.3, 0.4) is 0 Å². The lowest BCUT2D eigenvalue weighted by Crippen LogP contribution is -2.53. The molecule has 3 aliphatic rings. The van der Waals surface area contributed by atoms with Crippen LogP contribution in [-0.2, 0) is 90.6 Å². The fourth-order valence-electron chi connectivity index (χ4n) is 10.3. The Labute approximate surface area is 486 Å². The lowest BCUT2D eigenvalue weighted by molar-refractivity contribution is -0.172. The van der Waals surface area contributed by atoms with Crippen molar-refractivity contribution in [3.05, 3.63) is 133 Å². The zero-order chi connectivity index (χ0) is 61.3. The molecule has 4 heterocycles. The van der Waals surface area contributed by atoms with Crippen LogP contribution in [0.4, 0.5) is 9.18 Å². The molecule has 9 amide bonds. The summed E-state index contributed by atoms with van der Waals surface area (Å²) >= 11 is 0. The highest BCUT2D eigenvalue weighted by atomic mass is 19.1. The number of alkyl carbamates (subject to hydrolysis) is 1. The van der Waals surface area contributed by atoms with Gasteiger partial charge in [0.2, 0.25) is 47.3 Å². The van der Waals surface area contributed by atoms with Crippen LogP contribution in [-0.4, -0.2) is 131 Å². The van der Waals surface area contributed by atoms with E-state index in [1.165, 1.54) is 10.6 Å². The molecule has 2 aromatic heterocycles. The second-order valence-corrected chi connectivity index (χ2v) is 21.7. The van der Waals surface area contributed by atoms with E-state index in [-0.39, 0.29) is 49.1 Å². The zero-order valence-electron chi connectivity index (χ0n) is 47.4. The van der Waals surface area contributed by atoms with Crippen molar-refractivity contribution in [3.63, 3.8) is 0 Å². The van der Waals surface area contributed by atoms with E-state index < -0.39 is 139 Å². The topological polar surface area (TPSA) is 353 Å². The van der Waals surface area contributed by atoms with E-state index in [4.69, 9.17) is 14.5 Å².